The summed E-state index contributed by atoms with van der Waals surface area (Å²) in [4.78, 5) is 1.37. The Morgan fingerprint density at radius 1 is 1.42 bits per heavy atom. The monoisotopic (exact) mass is 273 g/mol. The van der Waals surface area contributed by atoms with E-state index in [0.717, 1.165) is 18.7 Å². The standard InChI is InChI=1S/C16H19NOS/c1-3-17-16(15-5-4-8-19-15)12-6-7-14-13(10-12)9-11(2)18-14/h4-8,10-11,16-17H,3,9H2,1-2H3. The molecule has 0 radical (unpaired) electrons. The summed E-state index contributed by atoms with van der Waals surface area (Å²) in [6, 6.07) is 11.2. The van der Waals surface area contributed by atoms with E-state index in [9.17, 15) is 0 Å². The Bertz CT molecular complexity index is 550. The second-order valence-electron chi connectivity index (χ2n) is 5.01. The Morgan fingerprint density at radius 2 is 2.32 bits per heavy atom. The third kappa shape index (κ3) is 2.53. The van der Waals surface area contributed by atoms with Gasteiger partial charge in [0, 0.05) is 11.3 Å². The fourth-order valence-corrected chi connectivity index (χ4v) is 3.49. The fraction of sp³-hybridized carbons (Fsp3) is 0.375. The summed E-state index contributed by atoms with van der Waals surface area (Å²) < 4.78 is 5.77. The molecule has 2 heterocycles. The molecule has 3 heteroatoms. The molecule has 100 valence electrons. The molecular weight excluding hydrogens is 254 g/mol. The van der Waals surface area contributed by atoms with Gasteiger partial charge in [-0.3, -0.25) is 0 Å². The highest BCUT2D eigenvalue weighted by Gasteiger charge is 2.21. The van der Waals surface area contributed by atoms with Crippen LogP contribution in [0, 0.1) is 0 Å². The van der Waals surface area contributed by atoms with Crippen LogP contribution in [0.1, 0.15) is 35.9 Å². The topological polar surface area (TPSA) is 21.3 Å². The van der Waals surface area contributed by atoms with Crippen LogP contribution in [0.4, 0.5) is 0 Å². The number of rotatable bonds is 4. The van der Waals surface area contributed by atoms with Crippen LogP contribution in [-0.2, 0) is 6.42 Å². The first kappa shape index (κ1) is 12.7. The number of thiophene rings is 1. The van der Waals surface area contributed by atoms with E-state index in [2.05, 4.69) is 54.9 Å². The molecule has 1 aliphatic heterocycles. The predicted octanol–water partition coefficient (Wildman–Crippen LogP) is 3.77. The first-order chi connectivity index (χ1) is 9.28. The first-order valence-electron chi connectivity index (χ1n) is 6.84. The molecule has 0 spiro atoms. The summed E-state index contributed by atoms with van der Waals surface area (Å²) in [6.07, 6.45) is 1.33. The van der Waals surface area contributed by atoms with Crippen molar-refractivity contribution in [1.29, 1.82) is 0 Å². The number of nitrogens with one attached hydrogen (secondary N) is 1. The summed E-state index contributed by atoms with van der Waals surface area (Å²) in [5.41, 5.74) is 2.67. The van der Waals surface area contributed by atoms with E-state index in [1.54, 1.807) is 11.3 Å². The van der Waals surface area contributed by atoms with Crippen LogP contribution in [0.15, 0.2) is 35.7 Å². The summed E-state index contributed by atoms with van der Waals surface area (Å²) >= 11 is 1.81. The molecule has 0 saturated heterocycles. The minimum Gasteiger partial charge on any atom is -0.490 e. The van der Waals surface area contributed by atoms with Gasteiger partial charge >= 0.3 is 0 Å². The average Bonchev–Trinajstić information content (AvgIpc) is 3.02. The number of ether oxygens (including phenoxy) is 1. The summed E-state index contributed by atoms with van der Waals surface area (Å²) in [6.45, 7) is 5.24. The zero-order valence-corrected chi connectivity index (χ0v) is 12.2. The highest BCUT2D eigenvalue weighted by molar-refractivity contribution is 7.10. The molecule has 1 aromatic carbocycles. The lowest BCUT2D eigenvalue weighted by atomic mass is 10.0. The Balaban J connectivity index is 1.93. The molecule has 2 atom stereocenters. The lowest BCUT2D eigenvalue weighted by Gasteiger charge is -2.17. The third-order valence-corrected chi connectivity index (χ3v) is 4.43. The van der Waals surface area contributed by atoms with Crippen LogP contribution < -0.4 is 10.1 Å². The van der Waals surface area contributed by atoms with Gasteiger partial charge in [-0.1, -0.05) is 25.1 Å². The normalized spacial score (nSPS) is 18.9. The van der Waals surface area contributed by atoms with Gasteiger partial charge < -0.3 is 10.1 Å². The van der Waals surface area contributed by atoms with Crippen LogP contribution in [0.25, 0.3) is 0 Å². The molecule has 0 amide bonds. The van der Waals surface area contributed by atoms with Crippen LogP contribution >= 0.6 is 11.3 Å². The summed E-state index contributed by atoms with van der Waals surface area (Å²) in [5.74, 6) is 1.05. The Labute approximate surface area is 118 Å². The van der Waals surface area contributed by atoms with E-state index in [1.807, 2.05) is 0 Å². The van der Waals surface area contributed by atoms with Gasteiger partial charge in [-0.25, -0.2) is 0 Å². The van der Waals surface area contributed by atoms with E-state index >= 15 is 0 Å². The Kier molecular flexibility index (Phi) is 3.58. The number of hydrogen-bond donors (Lipinski definition) is 1. The van der Waals surface area contributed by atoms with E-state index in [1.165, 1.54) is 16.0 Å². The second-order valence-corrected chi connectivity index (χ2v) is 5.99. The van der Waals surface area contributed by atoms with E-state index in [4.69, 9.17) is 4.74 Å². The van der Waals surface area contributed by atoms with Gasteiger partial charge in [0.25, 0.3) is 0 Å². The molecule has 0 fully saturated rings. The van der Waals surface area contributed by atoms with Gasteiger partial charge in [-0.15, -0.1) is 11.3 Å². The highest BCUT2D eigenvalue weighted by Crippen LogP contribution is 2.33. The van der Waals surface area contributed by atoms with E-state index in [0.29, 0.717) is 12.1 Å². The van der Waals surface area contributed by atoms with Gasteiger partial charge in [-0.2, -0.15) is 0 Å². The van der Waals surface area contributed by atoms with Crippen LogP contribution in [0.2, 0.25) is 0 Å². The van der Waals surface area contributed by atoms with Crippen LogP contribution in [-0.4, -0.2) is 12.6 Å². The third-order valence-electron chi connectivity index (χ3n) is 3.49. The van der Waals surface area contributed by atoms with Crippen molar-refractivity contribution in [3.05, 3.63) is 51.7 Å². The minimum atomic E-state index is 0.297. The molecule has 2 unspecified atom stereocenters. The number of fused-ring (bicyclic) bond motifs is 1. The molecule has 19 heavy (non-hydrogen) atoms. The van der Waals surface area contributed by atoms with Crippen molar-refractivity contribution < 1.29 is 4.74 Å². The van der Waals surface area contributed by atoms with E-state index < -0.39 is 0 Å². The van der Waals surface area contributed by atoms with Crippen LogP contribution in [0.3, 0.4) is 0 Å². The summed E-state index contributed by atoms with van der Waals surface area (Å²) in [7, 11) is 0. The van der Waals surface area contributed by atoms with Crippen molar-refractivity contribution in [3.8, 4) is 5.75 Å². The van der Waals surface area contributed by atoms with Crippen molar-refractivity contribution in [3.63, 3.8) is 0 Å². The van der Waals surface area contributed by atoms with Gasteiger partial charge in [0.2, 0.25) is 0 Å². The smallest absolute Gasteiger partial charge is 0.123 e. The van der Waals surface area contributed by atoms with Crippen molar-refractivity contribution >= 4 is 11.3 Å². The molecule has 0 aliphatic carbocycles. The van der Waals surface area contributed by atoms with Crippen molar-refractivity contribution in [2.24, 2.45) is 0 Å². The lowest BCUT2D eigenvalue weighted by molar-refractivity contribution is 0.254. The van der Waals surface area contributed by atoms with Gasteiger partial charge in [-0.05, 0) is 42.1 Å². The van der Waals surface area contributed by atoms with Gasteiger partial charge in [0.05, 0.1) is 6.04 Å². The van der Waals surface area contributed by atoms with E-state index in [-0.39, 0.29) is 0 Å². The molecule has 0 saturated carbocycles. The Hall–Kier alpha value is -1.32. The largest absolute Gasteiger partial charge is 0.490 e. The first-order valence-corrected chi connectivity index (χ1v) is 7.72. The molecule has 1 N–H and O–H groups in total. The average molecular weight is 273 g/mol. The molecule has 1 aromatic heterocycles. The predicted molar refractivity (Wildman–Crippen MR) is 80.1 cm³/mol. The molecular formula is C16H19NOS. The van der Waals surface area contributed by atoms with Crippen molar-refractivity contribution in [1.82, 2.24) is 5.32 Å². The second kappa shape index (κ2) is 5.35. The molecule has 1 aliphatic rings. The van der Waals surface area contributed by atoms with Crippen LogP contribution in [0.5, 0.6) is 5.75 Å². The maximum absolute atomic E-state index is 5.77. The molecule has 2 aromatic rings. The maximum Gasteiger partial charge on any atom is 0.123 e. The van der Waals surface area contributed by atoms with Gasteiger partial charge in [0.1, 0.15) is 11.9 Å². The highest BCUT2D eigenvalue weighted by atomic mass is 32.1. The molecule has 2 nitrogen and oxygen atoms in total. The lowest BCUT2D eigenvalue weighted by Crippen LogP contribution is -2.21. The van der Waals surface area contributed by atoms with Crippen molar-refractivity contribution in [2.75, 3.05) is 6.54 Å². The molecule has 3 rings (SSSR count). The maximum atomic E-state index is 5.77. The fourth-order valence-electron chi connectivity index (χ4n) is 2.66. The minimum absolute atomic E-state index is 0.297. The zero-order chi connectivity index (χ0) is 13.2. The Morgan fingerprint density at radius 3 is 3.05 bits per heavy atom. The SMILES string of the molecule is CCNC(c1ccc2c(c1)CC(C)O2)c1cccs1. The van der Waals surface area contributed by atoms with Crippen molar-refractivity contribution in [2.45, 2.75) is 32.4 Å². The number of hydrogen-bond acceptors (Lipinski definition) is 3. The zero-order valence-electron chi connectivity index (χ0n) is 11.3. The number of benzene rings is 1. The quantitative estimate of drug-likeness (QED) is 0.915. The molecule has 0 bridgehead atoms. The van der Waals surface area contributed by atoms with Gasteiger partial charge in [0.15, 0.2) is 0 Å². The summed E-state index contributed by atoms with van der Waals surface area (Å²) in [5, 5.41) is 5.71.